The van der Waals surface area contributed by atoms with Gasteiger partial charge in [-0.15, -0.1) is 0 Å². The molecule has 8 nitrogen and oxygen atoms in total. The number of fused-ring (bicyclic) bond motifs is 2. The molecule has 0 saturated carbocycles. The molecule has 1 aliphatic rings. The Morgan fingerprint density at radius 2 is 2.00 bits per heavy atom. The third-order valence-electron chi connectivity index (χ3n) is 6.81. The first-order chi connectivity index (χ1) is 18.2. The molecule has 0 spiro atoms. The standard InChI is InChI=1S/C29H28N8/c1-3-19(18-37-14-5-6-15-37)16-20(4-2)23-9-10-24-26(32-23)27(36-35-24)29-33-25-22(11-13-31-28(25)34-29)21-8-7-12-30-17-21/h3-4,7-13,16-17H,1,5-6,14-15,18H2,2H3,(H,35,36)(H,31,33,34)/b19-16+,20-4+. The van der Waals surface area contributed by atoms with Gasteiger partial charge in [0.15, 0.2) is 17.2 Å². The van der Waals surface area contributed by atoms with E-state index in [0.717, 1.165) is 58.6 Å². The van der Waals surface area contributed by atoms with Gasteiger partial charge in [0.2, 0.25) is 0 Å². The number of hydrogen-bond acceptors (Lipinski definition) is 6. The van der Waals surface area contributed by atoms with Crippen LogP contribution in [0.1, 0.15) is 25.5 Å². The lowest BCUT2D eigenvalue weighted by molar-refractivity contribution is 0.371. The van der Waals surface area contributed by atoms with Crippen LogP contribution < -0.4 is 0 Å². The summed E-state index contributed by atoms with van der Waals surface area (Å²) in [5.74, 6) is 0.619. The van der Waals surface area contributed by atoms with E-state index in [2.05, 4.69) is 48.8 Å². The summed E-state index contributed by atoms with van der Waals surface area (Å²) in [4.78, 5) is 24.4. The SMILES string of the molecule is C=C/C(=C\C(=C/C)c1ccc2[nH]nc(-c3nc4nccc(-c5cccnc5)c4[nH]3)c2n1)CN1CCCC1. The minimum absolute atomic E-state index is 0.619. The summed E-state index contributed by atoms with van der Waals surface area (Å²) in [5.41, 5.74) is 8.83. The Balaban J connectivity index is 1.38. The van der Waals surface area contributed by atoms with E-state index in [-0.39, 0.29) is 0 Å². The topological polar surface area (TPSA) is 99.3 Å². The van der Waals surface area contributed by atoms with Gasteiger partial charge >= 0.3 is 0 Å². The monoisotopic (exact) mass is 488 g/mol. The first-order valence-electron chi connectivity index (χ1n) is 12.6. The average Bonchev–Trinajstić information content (AvgIpc) is 3.70. The molecule has 0 aromatic carbocycles. The largest absolute Gasteiger partial charge is 0.335 e. The number of rotatable bonds is 7. The first kappa shape index (κ1) is 23.0. The first-order valence-corrected chi connectivity index (χ1v) is 12.6. The van der Waals surface area contributed by atoms with Crippen LogP contribution in [0.2, 0.25) is 0 Å². The average molecular weight is 489 g/mol. The number of H-pyrrole nitrogens is 2. The highest BCUT2D eigenvalue weighted by molar-refractivity contribution is 5.94. The molecule has 6 rings (SSSR count). The van der Waals surface area contributed by atoms with Crippen molar-refractivity contribution >= 4 is 27.8 Å². The van der Waals surface area contributed by atoms with Crippen molar-refractivity contribution in [1.82, 2.24) is 40.0 Å². The summed E-state index contributed by atoms with van der Waals surface area (Å²) in [6.07, 6.45) is 14.1. The van der Waals surface area contributed by atoms with E-state index in [9.17, 15) is 0 Å². The maximum atomic E-state index is 5.01. The molecule has 5 aromatic rings. The molecule has 0 unspecified atom stereocenters. The Labute approximate surface area is 214 Å². The summed E-state index contributed by atoms with van der Waals surface area (Å²) in [6, 6.07) is 9.94. The maximum Gasteiger partial charge on any atom is 0.178 e. The molecular weight excluding hydrogens is 460 g/mol. The molecule has 0 bridgehead atoms. The minimum Gasteiger partial charge on any atom is -0.335 e. The second-order valence-electron chi connectivity index (χ2n) is 9.20. The fourth-order valence-electron chi connectivity index (χ4n) is 4.88. The number of hydrogen-bond donors (Lipinski definition) is 2. The van der Waals surface area contributed by atoms with Gasteiger partial charge in [0.1, 0.15) is 5.52 Å². The van der Waals surface area contributed by atoms with E-state index in [1.165, 1.54) is 18.4 Å². The molecule has 0 aliphatic carbocycles. The van der Waals surface area contributed by atoms with E-state index in [4.69, 9.17) is 9.97 Å². The second-order valence-corrected chi connectivity index (χ2v) is 9.20. The van der Waals surface area contributed by atoms with E-state index in [1.54, 1.807) is 12.4 Å². The van der Waals surface area contributed by atoms with Crippen molar-refractivity contribution in [2.24, 2.45) is 0 Å². The Bertz CT molecular complexity index is 1630. The normalized spacial score (nSPS) is 15.2. The Kier molecular flexibility index (Phi) is 6.16. The molecule has 1 saturated heterocycles. The van der Waals surface area contributed by atoms with Crippen LogP contribution in [0.3, 0.4) is 0 Å². The number of aromatic amines is 2. The minimum atomic E-state index is 0.619. The molecular formula is C29H28N8. The predicted octanol–water partition coefficient (Wildman–Crippen LogP) is 5.57. The number of pyridine rings is 3. The molecule has 8 heteroatoms. The summed E-state index contributed by atoms with van der Waals surface area (Å²) in [5, 5.41) is 7.66. The molecule has 0 amide bonds. The molecule has 2 N–H and O–H groups in total. The summed E-state index contributed by atoms with van der Waals surface area (Å²) < 4.78 is 0. The number of aromatic nitrogens is 7. The van der Waals surface area contributed by atoms with Gasteiger partial charge in [0.25, 0.3) is 0 Å². The van der Waals surface area contributed by atoms with Gasteiger partial charge in [-0.25, -0.2) is 15.0 Å². The van der Waals surface area contributed by atoms with E-state index in [1.807, 2.05) is 49.5 Å². The molecule has 0 radical (unpaired) electrons. The van der Waals surface area contributed by atoms with Gasteiger partial charge in [-0.1, -0.05) is 24.8 Å². The lowest BCUT2D eigenvalue weighted by Crippen LogP contribution is -2.21. The highest BCUT2D eigenvalue weighted by atomic mass is 15.2. The van der Waals surface area contributed by atoms with Crippen molar-refractivity contribution in [3.8, 4) is 22.6 Å². The Morgan fingerprint density at radius 1 is 1.11 bits per heavy atom. The van der Waals surface area contributed by atoms with Gasteiger partial charge in [-0.2, -0.15) is 5.10 Å². The number of likely N-dealkylation sites (tertiary alicyclic amines) is 1. The zero-order valence-electron chi connectivity index (χ0n) is 20.8. The van der Waals surface area contributed by atoms with Crippen LogP contribution in [0.5, 0.6) is 0 Å². The molecule has 6 heterocycles. The van der Waals surface area contributed by atoms with Gasteiger partial charge in [0.05, 0.1) is 16.7 Å². The lowest BCUT2D eigenvalue weighted by atomic mass is 10.1. The zero-order chi connectivity index (χ0) is 25.2. The van der Waals surface area contributed by atoms with Gasteiger partial charge in [0, 0.05) is 36.3 Å². The molecule has 0 atom stereocenters. The van der Waals surface area contributed by atoms with E-state index >= 15 is 0 Å². The van der Waals surface area contributed by atoms with Crippen molar-refractivity contribution in [3.63, 3.8) is 0 Å². The second kappa shape index (κ2) is 9.91. The fraction of sp³-hybridized carbons (Fsp3) is 0.207. The highest BCUT2D eigenvalue weighted by Crippen LogP contribution is 2.30. The summed E-state index contributed by atoms with van der Waals surface area (Å²) >= 11 is 0. The lowest BCUT2D eigenvalue weighted by Gasteiger charge is -2.15. The third kappa shape index (κ3) is 4.47. The van der Waals surface area contributed by atoms with Crippen molar-refractivity contribution in [3.05, 3.63) is 85.0 Å². The Morgan fingerprint density at radius 3 is 2.78 bits per heavy atom. The quantitative estimate of drug-likeness (QED) is 0.291. The van der Waals surface area contributed by atoms with E-state index in [0.29, 0.717) is 17.2 Å². The van der Waals surface area contributed by atoms with Crippen molar-refractivity contribution < 1.29 is 0 Å². The van der Waals surface area contributed by atoms with Crippen molar-refractivity contribution in [2.75, 3.05) is 19.6 Å². The molecule has 184 valence electrons. The Hall–Kier alpha value is -4.43. The zero-order valence-corrected chi connectivity index (χ0v) is 20.8. The van der Waals surface area contributed by atoms with Gasteiger partial charge in [-0.3, -0.25) is 15.0 Å². The van der Waals surface area contributed by atoms with Crippen LogP contribution in [0.15, 0.2) is 79.3 Å². The number of nitrogens with one attached hydrogen (secondary N) is 2. The summed E-state index contributed by atoms with van der Waals surface area (Å²) in [7, 11) is 0. The smallest absolute Gasteiger partial charge is 0.178 e. The summed E-state index contributed by atoms with van der Waals surface area (Å²) in [6.45, 7) is 9.29. The van der Waals surface area contributed by atoms with Crippen LogP contribution in [0.4, 0.5) is 0 Å². The molecule has 1 aliphatic heterocycles. The molecule has 1 fully saturated rings. The molecule has 5 aromatic heterocycles. The number of imidazole rings is 1. The van der Waals surface area contributed by atoms with Crippen LogP contribution in [0.25, 0.3) is 50.4 Å². The van der Waals surface area contributed by atoms with Crippen LogP contribution >= 0.6 is 0 Å². The van der Waals surface area contributed by atoms with Gasteiger partial charge < -0.3 is 4.98 Å². The van der Waals surface area contributed by atoms with Gasteiger partial charge in [-0.05, 0) is 74.3 Å². The number of nitrogens with zero attached hydrogens (tertiary/aromatic N) is 6. The molecule has 37 heavy (non-hydrogen) atoms. The maximum absolute atomic E-state index is 5.01. The van der Waals surface area contributed by atoms with Crippen LogP contribution in [-0.4, -0.2) is 59.7 Å². The van der Waals surface area contributed by atoms with E-state index < -0.39 is 0 Å². The van der Waals surface area contributed by atoms with Crippen molar-refractivity contribution in [1.29, 1.82) is 0 Å². The fourth-order valence-corrected chi connectivity index (χ4v) is 4.88. The van der Waals surface area contributed by atoms with Crippen LogP contribution in [-0.2, 0) is 0 Å². The highest BCUT2D eigenvalue weighted by Gasteiger charge is 2.18. The third-order valence-corrected chi connectivity index (χ3v) is 6.81. The van der Waals surface area contributed by atoms with Crippen LogP contribution in [0, 0.1) is 0 Å². The predicted molar refractivity (Wildman–Crippen MR) is 148 cm³/mol. The number of allylic oxidation sites excluding steroid dienone is 3. The van der Waals surface area contributed by atoms with Crippen molar-refractivity contribution in [2.45, 2.75) is 19.8 Å².